The standard InChI is InChI=1S/C11H13N3O2/c1-8-2-3-13-11(9(8)7-15)14-5-4-12-6-10(14)16/h2-3,7,12H,4-6H2,1H3. The molecule has 84 valence electrons. The van der Waals surface area contributed by atoms with Crippen LogP contribution in [0.15, 0.2) is 12.3 Å². The molecule has 0 saturated carbocycles. The number of aromatic nitrogens is 1. The molecule has 1 aliphatic heterocycles. The summed E-state index contributed by atoms with van der Waals surface area (Å²) >= 11 is 0. The van der Waals surface area contributed by atoms with Crippen molar-refractivity contribution < 1.29 is 9.59 Å². The molecule has 5 heteroatoms. The second kappa shape index (κ2) is 4.40. The Morgan fingerprint density at radius 2 is 2.38 bits per heavy atom. The number of carbonyl (C=O) groups is 2. The van der Waals surface area contributed by atoms with Gasteiger partial charge in [0.2, 0.25) is 5.91 Å². The lowest BCUT2D eigenvalue weighted by atomic mass is 10.1. The Hall–Kier alpha value is -1.75. The molecule has 1 aliphatic rings. The van der Waals surface area contributed by atoms with Crippen molar-refractivity contribution in [2.45, 2.75) is 6.92 Å². The predicted molar refractivity (Wildman–Crippen MR) is 59.6 cm³/mol. The third-order valence-corrected chi connectivity index (χ3v) is 2.65. The molecule has 5 nitrogen and oxygen atoms in total. The molecule has 0 aromatic carbocycles. The first-order valence-corrected chi connectivity index (χ1v) is 5.16. The first-order valence-electron chi connectivity index (χ1n) is 5.16. The van der Waals surface area contributed by atoms with Gasteiger partial charge in [0.25, 0.3) is 0 Å². The van der Waals surface area contributed by atoms with Gasteiger partial charge in [0, 0.05) is 19.3 Å². The van der Waals surface area contributed by atoms with E-state index in [2.05, 4.69) is 10.3 Å². The van der Waals surface area contributed by atoms with E-state index < -0.39 is 0 Å². The molecular formula is C11H13N3O2. The van der Waals surface area contributed by atoms with E-state index in [1.807, 2.05) is 6.92 Å². The van der Waals surface area contributed by atoms with Crippen LogP contribution in [0.5, 0.6) is 0 Å². The number of nitrogens with zero attached hydrogens (tertiary/aromatic N) is 2. The van der Waals surface area contributed by atoms with Crippen LogP contribution in [0.2, 0.25) is 0 Å². The van der Waals surface area contributed by atoms with Crippen LogP contribution in [-0.2, 0) is 4.79 Å². The molecule has 1 fully saturated rings. The van der Waals surface area contributed by atoms with Gasteiger partial charge in [-0.05, 0) is 18.6 Å². The van der Waals surface area contributed by atoms with Gasteiger partial charge in [0.05, 0.1) is 12.1 Å². The van der Waals surface area contributed by atoms with E-state index >= 15 is 0 Å². The number of pyridine rings is 1. The Labute approximate surface area is 93.5 Å². The van der Waals surface area contributed by atoms with Crippen molar-refractivity contribution in [3.8, 4) is 0 Å². The maximum absolute atomic E-state index is 11.7. The van der Waals surface area contributed by atoms with Crippen molar-refractivity contribution in [3.63, 3.8) is 0 Å². The van der Waals surface area contributed by atoms with Gasteiger partial charge in [-0.2, -0.15) is 0 Å². The molecule has 1 saturated heterocycles. The van der Waals surface area contributed by atoms with E-state index in [1.54, 1.807) is 17.2 Å². The second-order valence-electron chi connectivity index (χ2n) is 3.71. The Morgan fingerprint density at radius 3 is 3.06 bits per heavy atom. The summed E-state index contributed by atoms with van der Waals surface area (Å²) in [5.74, 6) is 0.425. The van der Waals surface area contributed by atoms with E-state index in [9.17, 15) is 9.59 Å². The number of anilines is 1. The van der Waals surface area contributed by atoms with Gasteiger partial charge in [-0.3, -0.25) is 14.5 Å². The highest BCUT2D eigenvalue weighted by Gasteiger charge is 2.23. The van der Waals surface area contributed by atoms with Gasteiger partial charge in [-0.25, -0.2) is 4.98 Å². The zero-order valence-corrected chi connectivity index (χ0v) is 9.06. The Balaban J connectivity index is 2.42. The van der Waals surface area contributed by atoms with Gasteiger partial charge >= 0.3 is 0 Å². The summed E-state index contributed by atoms with van der Waals surface area (Å²) in [6.07, 6.45) is 2.37. The molecule has 2 heterocycles. The molecule has 1 aromatic rings. The molecule has 2 rings (SSSR count). The van der Waals surface area contributed by atoms with E-state index in [0.29, 0.717) is 24.5 Å². The lowest BCUT2D eigenvalue weighted by molar-refractivity contribution is -0.118. The van der Waals surface area contributed by atoms with Gasteiger partial charge in [0.1, 0.15) is 5.82 Å². The smallest absolute Gasteiger partial charge is 0.242 e. The van der Waals surface area contributed by atoms with E-state index in [0.717, 1.165) is 18.4 Å². The summed E-state index contributed by atoms with van der Waals surface area (Å²) in [6.45, 7) is 3.41. The van der Waals surface area contributed by atoms with Crippen molar-refractivity contribution in [2.24, 2.45) is 0 Å². The number of hydrogen-bond donors (Lipinski definition) is 1. The van der Waals surface area contributed by atoms with Crippen LogP contribution < -0.4 is 10.2 Å². The maximum Gasteiger partial charge on any atom is 0.242 e. The summed E-state index contributed by atoms with van der Waals surface area (Å²) in [6, 6.07) is 1.76. The van der Waals surface area contributed by atoms with Crippen molar-refractivity contribution in [1.82, 2.24) is 10.3 Å². The molecule has 16 heavy (non-hydrogen) atoms. The summed E-state index contributed by atoms with van der Waals surface area (Å²) < 4.78 is 0. The maximum atomic E-state index is 11.7. The third-order valence-electron chi connectivity index (χ3n) is 2.65. The van der Waals surface area contributed by atoms with Gasteiger partial charge in [-0.15, -0.1) is 0 Å². The summed E-state index contributed by atoms with van der Waals surface area (Å²) in [5.41, 5.74) is 1.34. The lowest BCUT2D eigenvalue weighted by Crippen LogP contribution is -2.48. The molecule has 0 spiro atoms. The molecular weight excluding hydrogens is 206 g/mol. The highest BCUT2D eigenvalue weighted by atomic mass is 16.2. The Kier molecular flexibility index (Phi) is 2.96. The van der Waals surface area contributed by atoms with Crippen molar-refractivity contribution in [1.29, 1.82) is 0 Å². The topological polar surface area (TPSA) is 62.3 Å². The molecule has 0 radical (unpaired) electrons. The fourth-order valence-corrected chi connectivity index (χ4v) is 1.75. The number of hydrogen-bond acceptors (Lipinski definition) is 4. The SMILES string of the molecule is Cc1ccnc(N2CCNCC2=O)c1C=O. The Bertz CT molecular complexity index is 431. The van der Waals surface area contributed by atoms with Gasteiger partial charge in [-0.1, -0.05) is 0 Å². The van der Waals surface area contributed by atoms with Crippen LogP contribution in [0.4, 0.5) is 5.82 Å². The predicted octanol–water partition coefficient (Wildman–Crippen LogP) is 0.139. The van der Waals surface area contributed by atoms with Gasteiger partial charge < -0.3 is 5.32 Å². The van der Waals surface area contributed by atoms with Crippen LogP contribution >= 0.6 is 0 Å². The molecule has 1 N–H and O–H groups in total. The minimum Gasteiger partial charge on any atom is -0.307 e. The third kappa shape index (κ3) is 1.81. The quantitative estimate of drug-likeness (QED) is 0.719. The Morgan fingerprint density at radius 1 is 1.56 bits per heavy atom. The number of nitrogens with one attached hydrogen (secondary N) is 1. The highest BCUT2D eigenvalue weighted by Crippen LogP contribution is 2.19. The van der Waals surface area contributed by atoms with E-state index in [1.165, 1.54) is 0 Å². The largest absolute Gasteiger partial charge is 0.307 e. The summed E-state index contributed by atoms with van der Waals surface area (Å²) in [4.78, 5) is 28.4. The first kappa shape index (κ1) is 10.8. The minimum atomic E-state index is -0.0487. The van der Waals surface area contributed by atoms with Gasteiger partial charge in [0.15, 0.2) is 6.29 Å². The molecule has 1 aromatic heterocycles. The normalized spacial score (nSPS) is 16.3. The summed E-state index contributed by atoms with van der Waals surface area (Å²) in [5, 5.41) is 2.98. The molecule has 0 bridgehead atoms. The number of rotatable bonds is 2. The molecule has 0 aliphatic carbocycles. The first-order chi connectivity index (χ1) is 7.74. The van der Waals surface area contributed by atoms with Crippen molar-refractivity contribution >= 4 is 18.0 Å². The molecule has 0 atom stereocenters. The van der Waals surface area contributed by atoms with E-state index in [4.69, 9.17) is 0 Å². The zero-order chi connectivity index (χ0) is 11.5. The van der Waals surface area contributed by atoms with Crippen LogP contribution in [0.1, 0.15) is 15.9 Å². The monoisotopic (exact) mass is 219 g/mol. The average molecular weight is 219 g/mol. The number of amides is 1. The number of carbonyl (C=O) groups excluding carboxylic acids is 2. The molecule has 0 unspecified atom stereocenters. The summed E-state index contributed by atoms with van der Waals surface area (Å²) in [7, 11) is 0. The lowest BCUT2D eigenvalue weighted by Gasteiger charge is -2.27. The van der Waals surface area contributed by atoms with Crippen molar-refractivity contribution in [2.75, 3.05) is 24.5 Å². The van der Waals surface area contributed by atoms with Crippen LogP contribution in [0.3, 0.4) is 0 Å². The second-order valence-corrected chi connectivity index (χ2v) is 3.71. The minimum absolute atomic E-state index is 0.0487. The number of aldehydes is 1. The van der Waals surface area contributed by atoms with E-state index in [-0.39, 0.29) is 5.91 Å². The van der Waals surface area contributed by atoms with Crippen molar-refractivity contribution in [3.05, 3.63) is 23.4 Å². The fourth-order valence-electron chi connectivity index (χ4n) is 1.75. The average Bonchev–Trinajstić information content (AvgIpc) is 2.29. The number of piperazine rings is 1. The zero-order valence-electron chi connectivity index (χ0n) is 9.06. The highest BCUT2D eigenvalue weighted by molar-refractivity contribution is 5.99. The van der Waals surface area contributed by atoms with Crippen LogP contribution in [0.25, 0.3) is 0 Å². The number of aryl methyl sites for hydroxylation is 1. The van der Waals surface area contributed by atoms with Crippen LogP contribution in [0, 0.1) is 6.92 Å². The van der Waals surface area contributed by atoms with Crippen LogP contribution in [-0.4, -0.2) is 36.8 Å². The fraction of sp³-hybridized carbons (Fsp3) is 0.364. The molecule has 1 amide bonds.